The number of anilines is 1. The largest absolute Gasteiger partial charge is 0.484 e. The number of carbonyl (C=O) groups is 2. The van der Waals surface area contributed by atoms with Gasteiger partial charge in [-0.3, -0.25) is 4.79 Å². The van der Waals surface area contributed by atoms with E-state index in [2.05, 4.69) is 15.4 Å². The highest BCUT2D eigenvalue weighted by Crippen LogP contribution is 2.27. The third kappa shape index (κ3) is 6.76. The molecule has 0 saturated heterocycles. The van der Waals surface area contributed by atoms with Crippen molar-refractivity contribution >= 4 is 17.7 Å². The van der Waals surface area contributed by atoms with Crippen molar-refractivity contribution in [2.75, 3.05) is 19.0 Å². The van der Waals surface area contributed by atoms with Crippen LogP contribution in [0.15, 0.2) is 18.2 Å². The Hall–Kier alpha value is -2.45. The van der Waals surface area contributed by atoms with Gasteiger partial charge in [-0.25, -0.2) is 4.79 Å². The Morgan fingerprint density at radius 1 is 1.29 bits per heavy atom. The number of esters is 1. The molecule has 0 aromatic heterocycles. The number of urea groups is 1. The molecule has 9 heteroatoms. The summed E-state index contributed by atoms with van der Waals surface area (Å²) < 4.78 is 45.9. The quantitative estimate of drug-likeness (QED) is 0.775. The van der Waals surface area contributed by atoms with Gasteiger partial charge in [-0.05, 0) is 26.0 Å². The first-order valence-corrected chi connectivity index (χ1v) is 7.06. The van der Waals surface area contributed by atoms with Crippen molar-refractivity contribution < 1.29 is 32.2 Å². The molecule has 0 spiro atoms. The number of methoxy groups -OCH3 is 1. The van der Waals surface area contributed by atoms with Crippen molar-refractivity contribution in [1.82, 2.24) is 5.32 Å². The second kappa shape index (κ2) is 8.42. The number of halogens is 3. The van der Waals surface area contributed by atoms with E-state index in [1.807, 2.05) is 0 Å². The molecule has 1 aromatic rings. The zero-order valence-corrected chi connectivity index (χ0v) is 13.5. The Bertz CT molecular complexity index is 591. The van der Waals surface area contributed by atoms with Crippen LogP contribution in [0.5, 0.6) is 5.75 Å². The Morgan fingerprint density at radius 3 is 2.54 bits per heavy atom. The van der Waals surface area contributed by atoms with Crippen molar-refractivity contribution in [3.8, 4) is 5.75 Å². The minimum Gasteiger partial charge on any atom is -0.484 e. The van der Waals surface area contributed by atoms with Gasteiger partial charge in [-0.1, -0.05) is 6.07 Å². The molecule has 0 fully saturated rings. The minimum atomic E-state index is -4.45. The SMILES string of the molecule is COC(=O)C[C@@H](C)NC(=O)Nc1cccc(OCC(F)(F)F)c1C. The molecular weight excluding hydrogens is 329 g/mol. The van der Waals surface area contributed by atoms with Crippen LogP contribution in [0.2, 0.25) is 0 Å². The molecule has 0 radical (unpaired) electrons. The minimum absolute atomic E-state index is 0.00235. The molecule has 1 rings (SSSR count). The molecule has 0 saturated carbocycles. The van der Waals surface area contributed by atoms with Crippen LogP contribution in [0.25, 0.3) is 0 Å². The van der Waals surface area contributed by atoms with Crippen molar-refractivity contribution in [2.24, 2.45) is 0 Å². The molecule has 134 valence electrons. The van der Waals surface area contributed by atoms with E-state index in [4.69, 9.17) is 4.74 Å². The second-order valence-corrected chi connectivity index (χ2v) is 5.11. The van der Waals surface area contributed by atoms with Crippen LogP contribution in [0.4, 0.5) is 23.7 Å². The van der Waals surface area contributed by atoms with Crippen LogP contribution in [0, 0.1) is 6.92 Å². The number of carbonyl (C=O) groups excluding carboxylic acids is 2. The first kappa shape index (κ1) is 19.6. The fraction of sp³-hybridized carbons (Fsp3) is 0.467. The number of hydrogen-bond donors (Lipinski definition) is 2. The summed E-state index contributed by atoms with van der Waals surface area (Å²) in [6.45, 7) is 1.73. The van der Waals surface area contributed by atoms with Crippen LogP contribution in [-0.4, -0.2) is 37.9 Å². The lowest BCUT2D eigenvalue weighted by atomic mass is 10.2. The van der Waals surface area contributed by atoms with Crippen molar-refractivity contribution in [1.29, 1.82) is 0 Å². The molecule has 2 N–H and O–H groups in total. The highest BCUT2D eigenvalue weighted by Gasteiger charge is 2.28. The first-order chi connectivity index (χ1) is 11.1. The molecule has 1 atom stereocenters. The number of nitrogens with one attached hydrogen (secondary N) is 2. The van der Waals surface area contributed by atoms with Gasteiger partial charge in [0.05, 0.1) is 13.5 Å². The number of amides is 2. The average Bonchev–Trinajstić information content (AvgIpc) is 2.46. The summed E-state index contributed by atoms with van der Waals surface area (Å²) in [6, 6.07) is 3.31. The summed E-state index contributed by atoms with van der Waals surface area (Å²) in [5.41, 5.74) is 0.662. The number of hydrogen-bond acceptors (Lipinski definition) is 4. The maximum Gasteiger partial charge on any atom is 0.422 e. The van der Waals surface area contributed by atoms with E-state index in [1.165, 1.54) is 32.2 Å². The maximum atomic E-state index is 12.2. The lowest BCUT2D eigenvalue weighted by Crippen LogP contribution is -2.37. The fourth-order valence-electron chi connectivity index (χ4n) is 1.83. The van der Waals surface area contributed by atoms with E-state index in [0.717, 1.165) is 0 Å². The molecule has 0 heterocycles. The Morgan fingerprint density at radius 2 is 1.96 bits per heavy atom. The summed E-state index contributed by atoms with van der Waals surface area (Å²) in [5.74, 6) is -0.450. The summed E-state index contributed by atoms with van der Waals surface area (Å²) in [5, 5.41) is 5.03. The smallest absolute Gasteiger partial charge is 0.422 e. The second-order valence-electron chi connectivity index (χ2n) is 5.11. The van der Waals surface area contributed by atoms with Gasteiger partial charge in [0.25, 0.3) is 0 Å². The molecule has 0 aliphatic carbocycles. The molecule has 2 amide bonds. The normalized spacial score (nSPS) is 12.2. The van der Waals surface area contributed by atoms with Crippen LogP contribution < -0.4 is 15.4 Å². The number of alkyl halides is 3. The molecule has 0 unspecified atom stereocenters. The third-order valence-electron chi connectivity index (χ3n) is 3.00. The van der Waals surface area contributed by atoms with Crippen molar-refractivity contribution in [3.05, 3.63) is 23.8 Å². The van der Waals surface area contributed by atoms with E-state index < -0.39 is 30.8 Å². The summed E-state index contributed by atoms with van der Waals surface area (Å²) in [7, 11) is 1.24. The highest BCUT2D eigenvalue weighted by molar-refractivity contribution is 5.91. The third-order valence-corrected chi connectivity index (χ3v) is 3.00. The maximum absolute atomic E-state index is 12.2. The summed E-state index contributed by atoms with van der Waals surface area (Å²) in [4.78, 5) is 23.0. The molecule has 0 aliphatic rings. The molecular formula is C15H19F3N2O4. The Labute approximate surface area is 137 Å². The number of rotatable bonds is 6. The predicted molar refractivity (Wildman–Crippen MR) is 81.0 cm³/mol. The standard InChI is InChI=1S/C15H19F3N2O4/c1-9(7-13(21)23-3)19-14(22)20-11-5-4-6-12(10(11)2)24-8-15(16,17)18/h4-6,9H,7-8H2,1-3H3,(H2,19,20,22)/t9-/m1/s1. The van der Waals surface area contributed by atoms with Gasteiger partial charge < -0.3 is 20.1 Å². The zero-order valence-electron chi connectivity index (χ0n) is 13.5. The van der Waals surface area contributed by atoms with E-state index >= 15 is 0 Å². The molecule has 6 nitrogen and oxygen atoms in total. The number of benzene rings is 1. The monoisotopic (exact) mass is 348 g/mol. The summed E-state index contributed by atoms with van der Waals surface area (Å²) >= 11 is 0. The lowest BCUT2D eigenvalue weighted by Gasteiger charge is -2.16. The van der Waals surface area contributed by atoms with Gasteiger partial charge in [0, 0.05) is 17.3 Å². The topological polar surface area (TPSA) is 76.7 Å². The lowest BCUT2D eigenvalue weighted by molar-refractivity contribution is -0.153. The Kier molecular flexibility index (Phi) is 6.87. The van der Waals surface area contributed by atoms with Gasteiger partial charge in [0.15, 0.2) is 6.61 Å². The number of ether oxygens (including phenoxy) is 2. The van der Waals surface area contributed by atoms with E-state index in [-0.39, 0.29) is 12.2 Å². The first-order valence-electron chi connectivity index (χ1n) is 7.06. The zero-order chi connectivity index (χ0) is 18.3. The van der Waals surface area contributed by atoms with Gasteiger partial charge in [0.2, 0.25) is 0 Å². The molecule has 1 aromatic carbocycles. The van der Waals surface area contributed by atoms with Gasteiger partial charge in [0.1, 0.15) is 5.75 Å². The molecule has 0 aliphatic heterocycles. The average molecular weight is 348 g/mol. The summed E-state index contributed by atoms with van der Waals surface area (Å²) in [6.07, 6.45) is -4.45. The highest BCUT2D eigenvalue weighted by atomic mass is 19.4. The predicted octanol–water partition coefficient (Wildman–Crippen LogP) is 3.01. The fourth-order valence-corrected chi connectivity index (χ4v) is 1.83. The van der Waals surface area contributed by atoms with Crippen molar-refractivity contribution in [3.63, 3.8) is 0 Å². The van der Waals surface area contributed by atoms with E-state index in [0.29, 0.717) is 11.3 Å². The van der Waals surface area contributed by atoms with Gasteiger partial charge in [-0.15, -0.1) is 0 Å². The van der Waals surface area contributed by atoms with Crippen LogP contribution in [0.3, 0.4) is 0 Å². The van der Waals surface area contributed by atoms with E-state index in [9.17, 15) is 22.8 Å². The van der Waals surface area contributed by atoms with Crippen LogP contribution >= 0.6 is 0 Å². The van der Waals surface area contributed by atoms with Crippen LogP contribution in [-0.2, 0) is 9.53 Å². The van der Waals surface area contributed by atoms with Gasteiger partial charge in [-0.2, -0.15) is 13.2 Å². The van der Waals surface area contributed by atoms with Gasteiger partial charge >= 0.3 is 18.2 Å². The van der Waals surface area contributed by atoms with Crippen LogP contribution in [0.1, 0.15) is 18.9 Å². The molecule has 0 bridgehead atoms. The Balaban J connectivity index is 2.67. The van der Waals surface area contributed by atoms with Crippen molar-refractivity contribution in [2.45, 2.75) is 32.5 Å². The molecule has 24 heavy (non-hydrogen) atoms. The van der Waals surface area contributed by atoms with E-state index in [1.54, 1.807) is 6.92 Å².